The average molecular weight is 254 g/mol. The van der Waals surface area contributed by atoms with Crippen molar-refractivity contribution in [2.45, 2.75) is 20.1 Å². The van der Waals surface area contributed by atoms with E-state index in [9.17, 15) is 0 Å². The zero-order valence-electron chi connectivity index (χ0n) is 11.9. The summed E-state index contributed by atoms with van der Waals surface area (Å²) in [5.74, 6) is 6.59. The van der Waals surface area contributed by atoms with Crippen molar-refractivity contribution < 1.29 is 33.1 Å². The molecule has 0 saturated heterocycles. The van der Waals surface area contributed by atoms with Gasteiger partial charge in [-0.1, -0.05) is 18.2 Å². The molecule has 0 unspecified atom stereocenters. The molecule has 0 fully saturated rings. The molecular formula is C15H19LiO3. The van der Waals surface area contributed by atoms with Gasteiger partial charge in [-0.25, -0.2) is 0 Å². The zero-order chi connectivity index (χ0) is 13.1. The van der Waals surface area contributed by atoms with E-state index in [0.29, 0.717) is 19.8 Å². The molecular weight excluding hydrogens is 235 g/mol. The molecule has 0 spiro atoms. The second kappa shape index (κ2) is 12.0. The van der Waals surface area contributed by atoms with Crippen LogP contribution in [0.5, 0.6) is 5.75 Å². The van der Waals surface area contributed by atoms with Crippen LogP contribution in [0.25, 0.3) is 0 Å². The van der Waals surface area contributed by atoms with Crippen molar-refractivity contribution in [1.82, 2.24) is 0 Å². The maximum atomic E-state index is 5.47. The summed E-state index contributed by atoms with van der Waals surface area (Å²) >= 11 is 0. The molecule has 19 heavy (non-hydrogen) atoms. The topological polar surface area (TPSA) is 27.7 Å². The normalized spacial score (nSPS) is 9.21. The van der Waals surface area contributed by atoms with Crippen LogP contribution in [-0.4, -0.2) is 26.1 Å². The van der Waals surface area contributed by atoms with Crippen LogP contribution in [-0.2, 0) is 9.47 Å². The molecule has 0 amide bonds. The Balaban J connectivity index is 0.00000324. The van der Waals surface area contributed by atoms with Gasteiger partial charge in [-0.2, -0.15) is 0 Å². The molecule has 98 valence electrons. The van der Waals surface area contributed by atoms with E-state index in [4.69, 9.17) is 14.2 Å². The Morgan fingerprint density at radius 3 is 2.32 bits per heavy atom. The Hall–Kier alpha value is -1.03. The van der Waals surface area contributed by atoms with Crippen LogP contribution in [0.2, 0.25) is 0 Å². The van der Waals surface area contributed by atoms with Crippen molar-refractivity contribution in [3.63, 3.8) is 0 Å². The van der Waals surface area contributed by atoms with Gasteiger partial charge in [0.1, 0.15) is 12.0 Å². The van der Waals surface area contributed by atoms with Crippen molar-refractivity contribution in [3.05, 3.63) is 36.8 Å². The Morgan fingerprint density at radius 1 is 1.11 bits per heavy atom. The van der Waals surface area contributed by atoms with E-state index in [-0.39, 0.29) is 18.9 Å². The minimum atomic E-state index is -0.451. The Bertz CT molecular complexity index is 364. The molecule has 0 atom stereocenters. The second-order valence-corrected chi connectivity index (χ2v) is 3.36. The molecule has 0 aliphatic rings. The van der Waals surface area contributed by atoms with Crippen LogP contribution in [0.15, 0.2) is 30.3 Å². The third-order valence-electron chi connectivity index (χ3n) is 2.02. The second-order valence-electron chi connectivity index (χ2n) is 3.36. The predicted octanol–water partition coefficient (Wildman–Crippen LogP) is -0.324. The van der Waals surface area contributed by atoms with E-state index in [1.807, 2.05) is 44.2 Å². The molecule has 4 heteroatoms. The monoisotopic (exact) mass is 254 g/mol. The van der Waals surface area contributed by atoms with E-state index in [0.717, 1.165) is 5.75 Å². The van der Waals surface area contributed by atoms with Crippen molar-refractivity contribution in [1.29, 1.82) is 0 Å². The molecule has 0 heterocycles. The first-order valence-electron chi connectivity index (χ1n) is 6.10. The van der Waals surface area contributed by atoms with Crippen LogP contribution in [0, 0.1) is 18.3 Å². The number of hydrogen-bond donors (Lipinski definition) is 0. The molecule has 0 bridgehead atoms. The van der Waals surface area contributed by atoms with Crippen LogP contribution in [0.3, 0.4) is 0 Å². The molecule has 0 aliphatic heterocycles. The molecule has 0 aliphatic carbocycles. The van der Waals surface area contributed by atoms with E-state index in [1.54, 1.807) is 6.42 Å². The fourth-order valence-corrected chi connectivity index (χ4v) is 1.26. The standard InChI is InChI=1S/C15H19O3.Li/c1-3-16-15(17-4-2)12-8-9-13-18-14-10-6-5-7-11-14;/h5-7,9-11,15H,3-4,13H2,1-2H3;/q-1;+1. The van der Waals surface area contributed by atoms with Crippen molar-refractivity contribution in [2.75, 3.05) is 19.8 Å². The first-order chi connectivity index (χ1) is 8.86. The van der Waals surface area contributed by atoms with Gasteiger partial charge in [0.05, 0.1) is 6.61 Å². The number of benzene rings is 1. The van der Waals surface area contributed by atoms with Gasteiger partial charge >= 0.3 is 18.9 Å². The van der Waals surface area contributed by atoms with Gasteiger partial charge in [0.15, 0.2) is 0 Å². The molecule has 0 N–H and O–H groups in total. The van der Waals surface area contributed by atoms with Crippen LogP contribution < -0.4 is 23.6 Å². The van der Waals surface area contributed by atoms with Crippen molar-refractivity contribution in [3.8, 4) is 17.6 Å². The summed E-state index contributed by atoms with van der Waals surface area (Å²) < 4.78 is 16.0. The number of para-hydroxylation sites is 1. The van der Waals surface area contributed by atoms with Gasteiger partial charge in [0.2, 0.25) is 0 Å². The van der Waals surface area contributed by atoms with E-state index >= 15 is 0 Å². The quantitative estimate of drug-likeness (QED) is 0.219. The first-order valence-corrected chi connectivity index (χ1v) is 6.10. The summed E-state index contributed by atoms with van der Waals surface area (Å²) in [7, 11) is 0. The van der Waals surface area contributed by atoms with Gasteiger partial charge in [-0.15, -0.1) is 6.42 Å². The summed E-state index contributed by atoms with van der Waals surface area (Å²) in [4.78, 5) is 0. The molecule has 1 rings (SSSR count). The summed E-state index contributed by atoms with van der Waals surface area (Å²) in [6.45, 7) is 5.44. The van der Waals surface area contributed by atoms with Crippen LogP contribution >= 0.6 is 0 Å². The van der Waals surface area contributed by atoms with Crippen molar-refractivity contribution in [2.24, 2.45) is 0 Å². The van der Waals surface area contributed by atoms with Gasteiger partial charge < -0.3 is 14.2 Å². The third kappa shape index (κ3) is 8.65. The fourth-order valence-electron chi connectivity index (χ4n) is 1.26. The van der Waals surface area contributed by atoms with Gasteiger partial charge in [0.25, 0.3) is 0 Å². The minimum absolute atomic E-state index is 0. The molecule has 1 aromatic carbocycles. The molecule has 1 aromatic rings. The van der Waals surface area contributed by atoms with E-state index in [2.05, 4.69) is 11.8 Å². The molecule has 0 aromatic heterocycles. The number of ether oxygens (including phenoxy) is 3. The largest absolute Gasteiger partial charge is 1.00 e. The minimum Gasteiger partial charge on any atom is -0.507 e. The number of rotatable bonds is 7. The van der Waals surface area contributed by atoms with E-state index in [1.165, 1.54) is 0 Å². The van der Waals surface area contributed by atoms with E-state index < -0.39 is 6.29 Å². The van der Waals surface area contributed by atoms with Gasteiger partial charge in [0, 0.05) is 13.2 Å². The number of hydrogen-bond acceptors (Lipinski definition) is 3. The Morgan fingerprint density at radius 2 is 1.74 bits per heavy atom. The SMILES string of the molecule is CCOC(C#C[CH-]COc1ccccc1)OCC.[Li+]. The summed E-state index contributed by atoms with van der Waals surface area (Å²) in [5, 5.41) is 0. The molecule has 0 saturated carbocycles. The summed E-state index contributed by atoms with van der Waals surface area (Å²) in [6, 6.07) is 9.63. The summed E-state index contributed by atoms with van der Waals surface area (Å²) in [5.41, 5.74) is 0. The van der Waals surface area contributed by atoms with Gasteiger partial charge in [-0.05, 0) is 26.0 Å². The summed E-state index contributed by atoms with van der Waals surface area (Å²) in [6.07, 6.45) is 1.30. The third-order valence-corrected chi connectivity index (χ3v) is 2.02. The maximum Gasteiger partial charge on any atom is 1.00 e. The van der Waals surface area contributed by atoms with Gasteiger partial charge in [-0.3, -0.25) is 11.8 Å². The maximum absolute atomic E-state index is 5.47. The molecule has 3 nitrogen and oxygen atoms in total. The first kappa shape index (κ1) is 18.0. The van der Waals surface area contributed by atoms with Crippen LogP contribution in [0.4, 0.5) is 0 Å². The zero-order valence-corrected chi connectivity index (χ0v) is 11.9. The average Bonchev–Trinajstić information content (AvgIpc) is 2.40. The fraction of sp³-hybridized carbons (Fsp3) is 0.400. The molecule has 0 radical (unpaired) electrons. The Kier molecular flexibility index (Phi) is 11.4. The van der Waals surface area contributed by atoms with Crippen LogP contribution in [0.1, 0.15) is 13.8 Å². The smallest absolute Gasteiger partial charge is 0.507 e. The van der Waals surface area contributed by atoms with Crippen molar-refractivity contribution >= 4 is 0 Å². The predicted molar refractivity (Wildman–Crippen MR) is 71.1 cm³/mol. The Labute approximate surface area is 127 Å².